The minimum atomic E-state index is -0.420. The number of allylic oxidation sites excluding steroid dienone is 1. The largest absolute Gasteiger partial charge is 0.462 e. The molecule has 33 heavy (non-hydrogen) atoms. The summed E-state index contributed by atoms with van der Waals surface area (Å²) in [7, 11) is 0. The van der Waals surface area contributed by atoms with Crippen molar-refractivity contribution in [1.82, 2.24) is 14.8 Å². The molecule has 3 aromatic heterocycles. The maximum absolute atomic E-state index is 12.7. The quantitative estimate of drug-likeness (QED) is 0.204. The zero-order valence-corrected chi connectivity index (χ0v) is 21.7. The van der Waals surface area contributed by atoms with Crippen LogP contribution in [0.4, 0.5) is 5.00 Å². The summed E-state index contributed by atoms with van der Waals surface area (Å²) in [5, 5.41) is 14.8. The van der Waals surface area contributed by atoms with Gasteiger partial charge in [0, 0.05) is 27.2 Å². The van der Waals surface area contributed by atoms with Crippen molar-refractivity contribution in [3.05, 3.63) is 45.0 Å². The van der Waals surface area contributed by atoms with Gasteiger partial charge < -0.3 is 10.1 Å². The topological polar surface area (TPSA) is 86.1 Å². The lowest BCUT2D eigenvalue weighted by Crippen LogP contribution is -2.17. The van der Waals surface area contributed by atoms with Gasteiger partial charge in [0.15, 0.2) is 11.0 Å². The summed E-state index contributed by atoms with van der Waals surface area (Å²) < 4.78 is 7.12. The maximum Gasteiger partial charge on any atom is 0.341 e. The Balaban J connectivity index is 1.73. The molecule has 3 rings (SSSR count). The van der Waals surface area contributed by atoms with Crippen molar-refractivity contribution in [2.75, 3.05) is 17.7 Å². The number of thiophene rings is 2. The summed E-state index contributed by atoms with van der Waals surface area (Å²) in [6, 6.07) is 2.15. The molecule has 0 saturated carbocycles. The molecule has 10 heteroatoms. The average Bonchev–Trinajstić information content (AvgIpc) is 3.46. The summed E-state index contributed by atoms with van der Waals surface area (Å²) >= 11 is 4.40. The molecule has 0 aliphatic rings. The molecular weight excluding hydrogens is 476 g/mol. The lowest BCUT2D eigenvalue weighted by molar-refractivity contribution is -0.113. The number of thioether (sulfide) groups is 1. The van der Waals surface area contributed by atoms with E-state index >= 15 is 0 Å². The van der Waals surface area contributed by atoms with Crippen LogP contribution >= 0.6 is 34.4 Å². The molecule has 0 aliphatic heterocycles. The van der Waals surface area contributed by atoms with E-state index in [1.54, 1.807) is 24.3 Å². The van der Waals surface area contributed by atoms with E-state index in [1.165, 1.54) is 28.0 Å². The molecule has 0 unspecified atom stereocenters. The molecule has 0 bridgehead atoms. The van der Waals surface area contributed by atoms with Crippen LogP contribution in [0.25, 0.3) is 11.4 Å². The highest BCUT2D eigenvalue weighted by Crippen LogP contribution is 2.33. The van der Waals surface area contributed by atoms with Gasteiger partial charge in [-0.05, 0) is 38.8 Å². The van der Waals surface area contributed by atoms with Gasteiger partial charge in [-0.2, -0.15) is 0 Å². The van der Waals surface area contributed by atoms with Gasteiger partial charge in [-0.1, -0.05) is 31.2 Å². The van der Waals surface area contributed by atoms with Crippen molar-refractivity contribution in [3.63, 3.8) is 0 Å². The highest BCUT2D eigenvalue weighted by atomic mass is 32.2. The molecule has 0 atom stereocenters. The average molecular weight is 505 g/mol. The minimum absolute atomic E-state index is 0.137. The second-order valence-electron chi connectivity index (χ2n) is 7.30. The molecule has 0 aliphatic carbocycles. The van der Waals surface area contributed by atoms with Crippen molar-refractivity contribution < 1.29 is 14.3 Å². The van der Waals surface area contributed by atoms with Crippen LogP contribution in [0.15, 0.2) is 29.3 Å². The fourth-order valence-corrected chi connectivity index (χ4v) is 6.02. The third-order valence-electron chi connectivity index (χ3n) is 4.89. The standard InChI is InChI=1S/C23H28N4O3S3/c1-6-9-17-11-16(12-31-17)20-25-26-23(27(20)10-7-2)32-13-18(28)24-21-19(22(29)30-8-3)14(4)15(5)33-21/h7,11-12H,2,6,8-10,13H2,1,3-5H3,(H,24,28). The van der Waals surface area contributed by atoms with E-state index in [1.807, 2.05) is 18.4 Å². The SMILES string of the molecule is C=CCn1c(SCC(=O)Nc2sc(C)c(C)c2C(=O)OCC)nnc1-c1csc(CCC)c1. The van der Waals surface area contributed by atoms with Gasteiger partial charge in [-0.3, -0.25) is 9.36 Å². The Bertz CT molecular complexity index is 1150. The molecule has 0 aromatic carbocycles. The Morgan fingerprint density at radius 2 is 2.09 bits per heavy atom. The summed E-state index contributed by atoms with van der Waals surface area (Å²) in [5.74, 6) is 0.266. The first-order chi connectivity index (χ1) is 15.9. The molecule has 176 valence electrons. The number of carbonyl (C=O) groups is 2. The highest BCUT2D eigenvalue weighted by Gasteiger charge is 2.23. The third-order valence-corrected chi connectivity index (χ3v) is 7.97. The van der Waals surface area contributed by atoms with Crippen molar-refractivity contribution in [1.29, 1.82) is 0 Å². The first-order valence-corrected chi connectivity index (χ1v) is 13.4. The fourth-order valence-electron chi connectivity index (χ4n) is 3.23. The van der Waals surface area contributed by atoms with Crippen LogP contribution in [-0.4, -0.2) is 39.0 Å². The molecule has 1 N–H and O–H groups in total. The number of anilines is 1. The summed E-state index contributed by atoms with van der Waals surface area (Å²) in [6.07, 6.45) is 3.92. The van der Waals surface area contributed by atoms with Gasteiger partial charge in [0.25, 0.3) is 0 Å². The van der Waals surface area contributed by atoms with Crippen molar-refractivity contribution >= 4 is 51.3 Å². The molecule has 3 aromatic rings. The normalized spacial score (nSPS) is 10.9. The number of carbonyl (C=O) groups excluding carboxylic acids is 2. The van der Waals surface area contributed by atoms with Crippen LogP contribution < -0.4 is 5.32 Å². The zero-order valence-electron chi connectivity index (χ0n) is 19.3. The van der Waals surface area contributed by atoms with Crippen LogP contribution in [0, 0.1) is 13.8 Å². The number of aromatic nitrogens is 3. The van der Waals surface area contributed by atoms with E-state index in [0.717, 1.165) is 34.7 Å². The second-order valence-corrected chi connectivity index (χ2v) is 10.5. The summed E-state index contributed by atoms with van der Waals surface area (Å²) in [6.45, 7) is 12.4. The number of nitrogens with one attached hydrogen (secondary N) is 1. The molecule has 0 fully saturated rings. The van der Waals surface area contributed by atoms with Crippen molar-refractivity contribution in [2.45, 2.75) is 52.2 Å². The predicted octanol–water partition coefficient (Wildman–Crippen LogP) is 5.73. The number of ether oxygens (including phenoxy) is 1. The van der Waals surface area contributed by atoms with Crippen LogP contribution in [-0.2, 0) is 22.5 Å². The van der Waals surface area contributed by atoms with E-state index in [9.17, 15) is 9.59 Å². The second kappa shape index (κ2) is 11.6. The molecule has 0 radical (unpaired) electrons. The number of aryl methyl sites for hydroxylation is 2. The Hall–Kier alpha value is -2.43. The lowest BCUT2D eigenvalue weighted by Gasteiger charge is -2.08. The number of rotatable bonds is 11. The van der Waals surface area contributed by atoms with Crippen LogP contribution in [0.3, 0.4) is 0 Å². The van der Waals surface area contributed by atoms with Gasteiger partial charge in [0.2, 0.25) is 5.91 Å². The van der Waals surface area contributed by atoms with Gasteiger partial charge >= 0.3 is 5.97 Å². The van der Waals surface area contributed by atoms with Gasteiger partial charge in [-0.25, -0.2) is 4.79 Å². The molecule has 0 spiro atoms. The van der Waals surface area contributed by atoms with E-state index < -0.39 is 5.97 Å². The Labute approximate surface area is 206 Å². The molecule has 7 nitrogen and oxygen atoms in total. The van der Waals surface area contributed by atoms with E-state index in [0.29, 0.717) is 22.3 Å². The van der Waals surface area contributed by atoms with E-state index in [4.69, 9.17) is 4.74 Å². The molecule has 1 amide bonds. The lowest BCUT2D eigenvalue weighted by atomic mass is 10.1. The van der Waals surface area contributed by atoms with Crippen LogP contribution in [0.1, 0.15) is 45.9 Å². The predicted molar refractivity (Wildman–Crippen MR) is 137 cm³/mol. The van der Waals surface area contributed by atoms with Crippen molar-refractivity contribution in [3.8, 4) is 11.4 Å². The smallest absolute Gasteiger partial charge is 0.341 e. The first kappa shape index (κ1) is 25.2. The summed E-state index contributed by atoms with van der Waals surface area (Å²) in [4.78, 5) is 27.3. The first-order valence-electron chi connectivity index (χ1n) is 10.7. The van der Waals surface area contributed by atoms with Gasteiger partial charge in [0.05, 0.1) is 17.9 Å². The summed E-state index contributed by atoms with van der Waals surface area (Å²) in [5.41, 5.74) is 2.28. The van der Waals surface area contributed by atoms with Crippen LogP contribution in [0.5, 0.6) is 0 Å². The monoisotopic (exact) mass is 504 g/mol. The Morgan fingerprint density at radius 3 is 2.79 bits per heavy atom. The minimum Gasteiger partial charge on any atom is -0.462 e. The fraction of sp³-hybridized carbons (Fsp3) is 0.391. The zero-order chi connectivity index (χ0) is 24.0. The van der Waals surface area contributed by atoms with Crippen molar-refractivity contribution in [2.24, 2.45) is 0 Å². The van der Waals surface area contributed by atoms with Gasteiger partial charge in [-0.15, -0.1) is 39.4 Å². The van der Waals surface area contributed by atoms with E-state index in [-0.39, 0.29) is 18.3 Å². The number of esters is 1. The number of amides is 1. The molecule has 3 heterocycles. The maximum atomic E-state index is 12.7. The Morgan fingerprint density at radius 1 is 1.30 bits per heavy atom. The van der Waals surface area contributed by atoms with Crippen LogP contribution in [0.2, 0.25) is 0 Å². The third kappa shape index (κ3) is 5.93. The number of nitrogens with zero attached hydrogens (tertiary/aromatic N) is 3. The number of hydrogen-bond acceptors (Lipinski definition) is 8. The van der Waals surface area contributed by atoms with E-state index in [2.05, 4.69) is 40.5 Å². The Kier molecular flexibility index (Phi) is 8.87. The molecular formula is C23H28N4O3S3. The molecule has 0 saturated heterocycles. The highest BCUT2D eigenvalue weighted by molar-refractivity contribution is 7.99. The van der Waals surface area contributed by atoms with Gasteiger partial charge in [0.1, 0.15) is 5.00 Å². The number of hydrogen-bond donors (Lipinski definition) is 1.